The van der Waals surface area contributed by atoms with Crippen molar-refractivity contribution in [3.63, 3.8) is 0 Å². The number of hydrogen-bond donors (Lipinski definition) is 2. The van der Waals surface area contributed by atoms with E-state index >= 15 is 0 Å². The molecule has 106 valence electrons. The van der Waals surface area contributed by atoms with E-state index in [2.05, 4.69) is 4.74 Å². The van der Waals surface area contributed by atoms with Crippen molar-refractivity contribution >= 4 is 17.3 Å². The highest BCUT2D eigenvalue weighted by molar-refractivity contribution is 5.91. The van der Waals surface area contributed by atoms with Gasteiger partial charge in [-0.1, -0.05) is 0 Å². The quantitative estimate of drug-likeness (QED) is 0.553. The summed E-state index contributed by atoms with van der Waals surface area (Å²) >= 11 is 0. The van der Waals surface area contributed by atoms with Gasteiger partial charge in [0, 0.05) is 20.2 Å². The van der Waals surface area contributed by atoms with Gasteiger partial charge in [0.05, 0.1) is 37.3 Å². The van der Waals surface area contributed by atoms with E-state index in [1.54, 1.807) is 25.3 Å². The van der Waals surface area contributed by atoms with Crippen molar-refractivity contribution in [1.29, 1.82) is 0 Å². The minimum Gasteiger partial charge on any atom is -0.465 e. The minimum absolute atomic E-state index is 0.0158. The number of esters is 1. The van der Waals surface area contributed by atoms with E-state index in [-0.39, 0.29) is 6.61 Å². The lowest BCUT2D eigenvalue weighted by Crippen LogP contribution is -2.30. The molecule has 3 N–H and O–H groups in total. The van der Waals surface area contributed by atoms with Crippen molar-refractivity contribution in [1.82, 2.24) is 0 Å². The van der Waals surface area contributed by atoms with Crippen LogP contribution in [-0.2, 0) is 9.47 Å². The van der Waals surface area contributed by atoms with Crippen LogP contribution in [0.5, 0.6) is 0 Å². The molecule has 1 aromatic carbocycles. The van der Waals surface area contributed by atoms with Crippen LogP contribution < -0.4 is 10.6 Å². The number of rotatable bonds is 7. The molecular formula is C13H20N2O4. The second kappa shape index (κ2) is 7.60. The number of methoxy groups -OCH3 is 2. The van der Waals surface area contributed by atoms with E-state index in [0.29, 0.717) is 30.9 Å². The van der Waals surface area contributed by atoms with Crippen molar-refractivity contribution in [3.05, 3.63) is 23.8 Å². The fourth-order valence-corrected chi connectivity index (χ4v) is 1.76. The third-order valence-electron chi connectivity index (χ3n) is 2.72. The van der Waals surface area contributed by atoms with E-state index in [1.165, 1.54) is 7.11 Å². The van der Waals surface area contributed by atoms with Crippen molar-refractivity contribution in [2.75, 3.05) is 51.2 Å². The first kappa shape index (κ1) is 15.3. The number of aliphatic hydroxyl groups is 1. The fourth-order valence-electron chi connectivity index (χ4n) is 1.76. The van der Waals surface area contributed by atoms with E-state index in [4.69, 9.17) is 15.6 Å². The van der Waals surface area contributed by atoms with Gasteiger partial charge in [-0.25, -0.2) is 4.79 Å². The number of nitrogen functional groups attached to an aromatic ring is 1. The lowest BCUT2D eigenvalue weighted by atomic mass is 10.1. The Kier molecular flexibility index (Phi) is 6.11. The first-order valence-corrected chi connectivity index (χ1v) is 5.96. The Hall–Kier alpha value is -1.79. The first-order valence-electron chi connectivity index (χ1n) is 5.96. The number of nitrogens with zero attached hydrogens (tertiary/aromatic N) is 1. The summed E-state index contributed by atoms with van der Waals surface area (Å²) < 4.78 is 9.66. The molecule has 0 fully saturated rings. The highest BCUT2D eigenvalue weighted by Gasteiger charge is 2.12. The molecule has 0 bridgehead atoms. The number of hydrogen-bond acceptors (Lipinski definition) is 6. The number of nitrogens with two attached hydrogens (primary N) is 1. The van der Waals surface area contributed by atoms with Gasteiger partial charge in [-0.2, -0.15) is 0 Å². The average molecular weight is 268 g/mol. The smallest absolute Gasteiger partial charge is 0.337 e. The number of benzene rings is 1. The largest absolute Gasteiger partial charge is 0.465 e. The molecule has 0 spiro atoms. The van der Waals surface area contributed by atoms with E-state index in [0.717, 1.165) is 5.69 Å². The first-order chi connectivity index (χ1) is 9.13. The molecule has 0 radical (unpaired) electrons. The van der Waals surface area contributed by atoms with Crippen LogP contribution >= 0.6 is 0 Å². The van der Waals surface area contributed by atoms with Crippen molar-refractivity contribution in [2.45, 2.75) is 0 Å². The molecule has 6 nitrogen and oxygen atoms in total. The molecule has 0 saturated heterocycles. The fraction of sp³-hybridized carbons (Fsp3) is 0.462. The molecule has 0 amide bonds. The van der Waals surface area contributed by atoms with E-state index in [1.807, 2.05) is 4.90 Å². The summed E-state index contributed by atoms with van der Waals surface area (Å²) in [4.78, 5) is 13.3. The zero-order chi connectivity index (χ0) is 14.3. The monoisotopic (exact) mass is 268 g/mol. The Bertz CT molecular complexity index is 423. The third-order valence-corrected chi connectivity index (χ3v) is 2.72. The van der Waals surface area contributed by atoms with Gasteiger partial charge in [0.25, 0.3) is 0 Å². The average Bonchev–Trinajstić information content (AvgIpc) is 2.42. The summed E-state index contributed by atoms with van der Waals surface area (Å²) in [6.07, 6.45) is 0. The molecule has 6 heteroatoms. The lowest BCUT2D eigenvalue weighted by molar-refractivity contribution is 0.0601. The summed E-state index contributed by atoms with van der Waals surface area (Å²) in [5.74, 6) is -0.427. The molecule has 0 unspecified atom stereocenters. The van der Waals surface area contributed by atoms with Crippen LogP contribution in [0.15, 0.2) is 18.2 Å². The Morgan fingerprint density at radius 2 is 2.11 bits per heavy atom. The maximum Gasteiger partial charge on any atom is 0.337 e. The third kappa shape index (κ3) is 4.11. The summed E-state index contributed by atoms with van der Waals surface area (Å²) in [7, 11) is 2.93. The maximum atomic E-state index is 11.4. The topological polar surface area (TPSA) is 85.0 Å². The van der Waals surface area contributed by atoms with Gasteiger partial charge in [0.1, 0.15) is 0 Å². The molecule has 0 aliphatic carbocycles. The van der Waals surface area contributed by atoms with Gasteiger partial charge < -0.3 is 25.2 Å². The predicted molar refractivity (Wildman–Crippen MR) is 73.4 cm³/mol. The molecule has 0 aliphatic heterocycles. The van der Waals surface area contributed by atoms with Gasteiger partial charge in [-0.15, -0.1) is 0 Å². The second-order valence-electron chi connectivity index (χ2n) is 3.97. The molecule has 1 rings (SSSR count). The van der Waals surface area contributed by atoms with Crippen LogP contribution in [0.1, 0.15) is 10.4 Å². The van der Waals surface area contributed by atoms with Crippen LogP contribution in [-0.4, -0.2) is 51.6 Å². The number of anilines is 2. The maximum absolute atomic E-state index is 11.4. The SMILES string of the molecule is COCCN(CCO)c1ccc(C(=O)OC)cc1N. The number of aliphatic hydroxyl groups excluding tert-OH is 1. The molecule has 0 saturated carbocycles. The van der Waals surface area contributed by atoms with Gasteiger partial charge in [0.2, 0.25) is 0 Å². The Labute approximate surface area is 112 Å². The summed E-state index contributed by atoms with van der Waals surface area (Å²) in [6.45, 7) is 1.60. The highest BCUT2D eigenvalue weighted by Crippen LogP contribution is 2.24. The van der Waals surface area contributed by atoms with Crippen molar-refractivity contribution < 1.29 is 19.4 Å². The lowest BCUT2D eigenvalue weighted by Gasteiger charge is -2.25. The van der Waals surface area contributed by atoms with E-state index in [9.17, 15) is 4.79 Å². The van der Waals surface area contributed by atoms with Gasteiger partial charge in [-0.3, -0.25) is 0 Å². The Morgan fingerprint density at radius 1 is 1.37 bits per heavy atom. The number of ether oxygens (including phenoxy) is 2. The zero-order valence-electron chi connectivity index (χ0n) is 11.3. The number of carbonyl (C=O) groups excluding carboxylic acids is 1. The zero-order valence-corrected chi connectivity index (χ0v) is 11.3. The van der Waals surface area contributed by atoms with Gasteiger partial charge in [-0.05, 0) is 18.2 Å². The van der Waals surface area contributed by atoms with E-state index < -0.39 is 5.97 Å². The predicted octanol–water partition coefficient (Wildman–Crippen LogP) is 0.500. The molecule has 19 heavy (non-hydrogen) atoms. The van der Waals surface area contributed by atoms with Crippen molar-refractivity contribution in [2.24, 2.45) is 0 Å². The summed E-state index contributed by atoms with van der Waals surface area (Å²) in [5.41, 5.74) is 7.58. The Balaban J connectivity index is 2.94. The molecule has 0 aliphatic rings. The van der Waals surface area contributed by atoms with Crippen molar-refractivity contribution in [3.8, 4) is 0 Å². The standard InChI is InChI=1S/C13H20N2O4/c1-18-8-6-15(5-7-16)12-4-3-10(9-11(12)14)13(17)19-2/h3-4,9,16H,5-8,14H2,1-2H3. The van der Waals surface area contributed by atoms with Crippen LogP contribution in [0.3, 0.4) is 0 Å². The van der Waals surface area contributed by atoms with Crippen LogP contribution in [0, 0.1) is 0 Å². The molecule has 0 aromatic heterocycles. The summed E-state index contributed by atoms with van der Waals surface area (Å²) in [5, 5.41) is 9.07. The van der Waals surface area contributed by atoms with Crippen LogP contribution in [0.25, 0.3) is 0 Å². The van der Waals surface area contributed by atoms with Crippen LogP contribution in [0.4, 0.5) is 11.4 Å². The summed E-state index contributed by atoms with van der Waals surface area (Å²) in [6, 6.07) is 4.96. The van der Waals surface area contributed by atoms with Crippen LogP contribution in [0.2, 0.25) is 0 Å². The molecular weight excluding hydrogens is 248 g/mol. The molecule has 0 atom stereocenters. The number of carbonyl (C=O) groups is 1. The minimum atomic E-state index is -0.427. The Morgan fingerprint density at radius 3 is 2.63 bits per heavy atom. The van der Waals surface area contributed by atoms with Gasteiger partial charge >= 0.3 is 5.97 Å². The molecule has 0 heterocycles. The second-order valence-corrected chi connectivity index (χ2v) is 3.97. The highest BCUT2D eigenvalue weighted by atomic mass is 16.5. The molecule has 1 aromatic rings. The normalized spacial score (nSPS) is 10.3. The van der Waals surface area contributed by atoms with Gasteiger partial charge in [0.15, 0.2) is 0 Å².